The van der Waals surface area contributed by atoms with E-state index in [2.05, 4.69) is 0 Å². The number of hydrogen-bond acceptors (Lipinski definition) is 7. The number of nitrogens with zero attached hydrogens (tertiary/aromatic N) is 2. The van der Waals surface area contributed by atoms with Gasteiger partial charge in [0.25, 0.3) is 0 Å². The third kappa shape index (κ3) is 8.22. The first-order valence-electron chi connectivity index (χ1n) is 10.5. The molecule has 9 heteroatoms. The molecule has 2 aromatic carbocycles. The maximum absolute atomic E-state index is 12.4. The molecule has 0 atom stereocenters. The average Bonchev–Trinajstić information content (AvgIpc) is 2.78. The van der Waals surface area contributed by atoms with E-state index >= 15 is 0 Å². The van der Waals surface area contributed by atoms with Gasteiger partial charge in [0.2, 0.25) is 0 Å². The van der Waals surface area contributed by atoms with Gasteiger partial charge in [0.05, 0.1) is 31.9 Å². The summed E-state index contributed by atoms with van der Waals surface area (Å²) in [6.45, 7) is 8.01. The number of rotatable bonds is 11. The average molecular weight is 463 g/mol. The highest BCUT2D eigenvalue weighted by molar-refractivity contribution is 7.95. The number of ether oxygens (including phenoxy) is 4. The van der Waals surface area contributed by atoms with Gasteiger partial charge in [-0.2, -0.15) is 0 Å². The van der Waals surface area contributed by atoms with Crippen molar-refractivity contribution in [2.24, 2.45) is 0 Å². The molecule has 0 spiro atoms. The predicted octanol–water partition coefficient (Wildman–Crippen LogP) is 5.75. The highest BCUT2D eigenvalue weighted by atomic mass is 32.2. The van der Waals surface area contributed by atoms with Crippen LogP contribution in [0.15, 0.2) is 54.6 Å². The summed E-state index contributed by atoms with van der Waals surface area (Å²) in [5.41, 5.74) is 0. The lowest BCUT2D eigenvalue weighted by atomic mass is 10.3. The molecule has 0 aromatic heterocycles. The summed E-state index contributed by atoms with van der Waals surface area (Å²) in [5.74, 6) is 2.07. The van der Waals surface area contributed by atoms with Crippen LogP contribution in [-0.2, 0) is 9.47 Å². The van der Waals surface area contributed by atoms with Gasteiger partial charge in [-0.25, -0.2) is 18.2 Å². The molecule has 0 saturated carbocycles. The minimum absolute atomic E-state index is 0.186. The standard InChI is InChI=1S/C23H30N2O6S/c1-5-28-22(26)24(32-25(18(3)4)23(27)29-6-2)16-17-30-19-12-14-21(15-13-19)31-20-10-8-7-9-11-20/h7-15,18H,5-6,16-17H2,1-4H3. The van der Waals surface area contributed by atoms with Crippen LogP contribution < -0.4 is 9.47 Å². The highest BCUT2D eigenvalue weighted by Gasteiger charge is 2.26. The Morgan fingerprint density at radius 3 is 2.00 bits per heavy atom. The Labute approximate surface area is 193 Å². The fourth-order valence-electron chi connectivity index (χ4n) is 2.47. The summed E-state index contributed by atoms with van der Waals surface area (Å²) in [4.78, 5) is 24.6. The first kappa shape index (κ1) is 25.2. The van der Waals surface area contributed by atoms with Crippen molar-refractivity contribution in [1.29, 1.82) is 0 Å². The molecule has 174 valence electrons. The van der Waals surface area contributed by atoms with E-state index in [1.807, 2.05) is 44.2 Å². The maximum atomic E-state index is 12.4. The summed E-state index contributed by atoms with van der Waals surface area (Å²) in [5, 5.41) is 0. The lowest BCUT2D eigenvalue weighted by Gasteiger charge is -2.29. The fourth-order valence-corrected chi connectivity index (χ4v) is 3.26. The molecule has 0 saturated heterocycles. The molecule has 2 rings (SSSR count). The van der Waals surface area contributed by atoms with Crippen LogP contribution in [0.2, 0.25) is 0 Å². The van der Waals surface area contributed by atoms with E-state index < -0.39 is 12.2 Å². The van der Waals surface area contributed by atoms with Gasteiger partial charge in [-0.1, -0.05) is 18.2 Å². The first-order valence-corrected chi connectivity index (χ1v) is 11.2. The summed E-state index contributed by atoms with van der Waals surface area (Å²) in [7, 11) is 0. The van der Waals surface area contributed by atoms with Crippen LogP contribution in [0.3, 0.4) is 0 Å². The van der Waals surface area contributed by atoms with E-state index in [9.17, 15) is 9.59 Å². The zero-order chi connectivity index (χ0) is 23.3. The molecule has 2 amide bonds. The van der Waals surface area contributed by atoms with Gasteiger partial charge in [0.15, 0.2) is 0 Å². The van der Waals surface area contributed by atoms with Crippen LogP contribution in [0.4, 0.5) is 9.59 Å². The Bertz CT molecular complexity index is 832. The number of amides is 2. The molecular formula is C23H30N2O6S. The number of carbonyl (C=O) groups excluding carboxylic acids is 2. The van der Waals surface area contributed by atoms with Crippen LogP contribution in [0, 0.1) is 0 Å². The van der Waals surface area contributed by atoms with Crippen molar-refractivity contribution >= 4 is 24.3 Å². The van der Waals surface area contributed by atoms with Gasteiger partial charge in [0.1, 0.15) is 23.9 Å². The van der Waals surface area contributed by atoms with Crippen LogP contribution in [-0.4, -0.2) is 53.2 Å². The third-order valence-corrected chi connectivity index (χ3v) is 5.22. The summed E-state index contributed by atoms with van der Waals surface area (Å²) >= 11 is 0.950. The number of para-hydroxylation sites is 1. The molecule has 0 bridgehead atoms. The number of benzene rings is 2. The quantitative estimate of drug-likeness (QED) is 0.394. The molecule has 0 aliphatic rings. The Morgan fingerprint density at radius 1 is 0.844 bits per heavy atom. The van der Waals surface area contributed by atoms with E-state index in [0.717, 1.165) is 17.9 Å². The largest absolute Gasteiger partial charge is 0.492 e. The van der Waals surface area contributed by atoms with E-state index in [-0.39, 0.29) is 32.4 Å². The first-order chi connectivity index (χ1) is 15.4. The van der Waals surface area contributed by atoms with Gasteiger partial charge in [-0.15, -0.1) is 0 Å². The van der Waals surface area contributed by atoms with Gasteiger partial charge >= 0.3 is 12.2 Å². The van der Waals surface area contributed by atoms with E-state index in [4.69, 9.17) is 18.9 Å². The second-order valence-corrected chi connectivity index (χ2v) is 7.73. The molecule has 0 N–H and O–H groups in total. The molecule has 2 aromatic rings. The van der Waals surface area contributed by atoms with Crippen molar-refractivity contribution < 1.29 is 28.5 Å². The van der Waals surface area contributed by atoms with Crippen LogP contribution in [0.1, 0.15) is 27.7 Å². The Morgan fingerprint density at radius 2 is 1.41 bits per heavy atom. The van der Waals surface area contributed by atoms with Crippen molar-refractivity contribution in [1.82, 2.24) is 8.61 Å². The molecule has 32 heavy (non-hydrogen) atoms. The monoisotopic (exact) mass is 462 g/mol. The second kappa shape index (κ2) is 13.4. The molecular weight excluding hydrogens is 432 g/mol. The van der Waals surface area contributed by atoms with Crippen LogP contribution in [0.25, 0.3) is 0 Å². The Balaban J connectivity index is 1.94. The highest BCUT2D eigenvalue weighted by Crippen LogP contribution is 2.25. The summed E-state index contributed by atoms with van der Waals surface area (Å²) in [6.07, 6.45) is -1.07. The Hall–Kier alpha value is -3.07. The minimum atomic E-state index is -0.553. The van der Waals surface area contributed by atoms with Crippen LogP contribution in [0.5, 0.6) is 17.2 Å². The zero-order valence-electron chi connectivity index (χ0n) is 18.9. The van der Waals surface area contributed by atoms with Gasteiger partial charge in [0, 0.05) is 6.04 Å². The molecule has 8 nitrogen and oxygen atoms in total. The molecule has 0 fully saturated rings. The topological polar surface area (TPSA) is 77.5 Å². The Kier molecular flexibility index (Phi) is 10.5. The van der Waals surface area contributed by atoms with Crippen molar-refractivity contribution in [2.75, 3.05) is 26.4 Å². The van der Waals surface area contributed by atoms with E-state index in [1.165, 1.54) is 8.61 Å². The molecule has 0 unspecified atom stereocenters. The van der Waals surface area contributed by atoms with Crippen molar-refractivity contribution in [2.45, 2.75) is 33.7 Å². The summed E-state index contributed by atoms with van der Waals surface area (Å²) < 4.78 is 24.5. The lowest BCUT2D eigenvalue weighted by Crippen LogP contribution is -2.39. The second-order valence-electron chi connectivity index (χ2n) is 6.74. The van der Waals surface area contributed by atoms with Gasteiger partial charge in [-0.3, -0.25) is 0 Å². The SMILES string of the molecule is CCOC(=O)N(CCOc1ccc(Oc2ccccc2)cc1)SN(C(=O)OCC)C(C)C. The predicted molar refractivity (Wildman–Crippen MR) is 124 cm³/mol. The fraction of sp³-hybridized carbons (Fsp3) is 0.391. The van der Waals surface area contributed by atoms with Crippen molar-refractivity contribution in [3.05, 3.63) is 54.6 Å². The normalized spacial score (nSPS) is 10.4. The van der Waals surface area contributed by atoms with E-state index in [1.54, 1.807) is 38.1 Å². The molecule has 0 aliphatic heterocycles. The maximum Gasteiger partial charge on any atom is 0.421 e. The van der Waals surface area contributed by atoms with Gasteiger partial charge in [-0.05, 0) is 64.1 Å². The van der Waals surface area contributed by atoms with Crippen molar-refractivity contribution in [3.8, 4) is 17.2 Å². The lowest BCUT2D eigenvalue weighted by molar-refractivity contribution is 0.120. The molecule has 0 radical (unpaired) electrons. The number of hydrogen-bond donors (Lipinski definition) is 0. The summed E-state index contributed by atoms with van der Waals surface area (Å²) in [6, 6.07) is 16.5. The van der Waals surface area contributed by atoms with E-state index in [0.29, 0.717) is 11.5 Å². The zero-order valence-corrected chi connectivity index (χ0v) is 19.7. The smallest absolute Gasteiger partial charge is 0.421 e. The van der Waals surface area contributed by atoms with Crippen molar-refractivity contribution in [3.63, 3.8) is 0 Å². The van der Waals surface area contributed by atoms with Gasteiger partial charge < -0.3 is 18.9 Å². The molecule has 0 heterocycles. The molecule has 0 aliphatic carbocycles. The third-order valence-electron chi connectivity index (χ3n) is 3.94. The van der Waals surface area contributed by atoms with Crippen LogP contribution >= 0.6 is 12.1 Å². The minimum Gasteiger partial charge on any atom is -0.492 e. The number of carbonyl (C=O) groups is 2.